The van der Waals surface area contributed by atoms with Crippen molar-refractivity contribution >= 4 is 33.5 Å². The highest BCUT2D eigenvalue weighted by Gasteiger charge is 2.29. The van der Waals surface area contributed by atoms with Gasteiger partial charge in [-0.15, -0.1) is 23.5 Å². The molecule has 0 aliphatic carbocycles. The molecule has 1 fully saturated rings. The molecule has 2 aromatic rings. The first kappa shape index (κ1) is 17.0. The summed E-state index contributed by atoms with van der Waals surface area (Å²) >= 11 is 3.97. The number of aromatic amines is 1. The molecule has 0 unspecified atom stereocenters. The van der Waals surface area contributed by atoms with Crippen LogP contribution in [0, 0.1) is 5.41 Å². The lowest BCUT2D eigenvalue weighted by Crippen LogP contribution is -2.23. The lowest BCUT2D eigenvalue weighted by molar-refractivity contribution is 0.488. The van der Waals surface area contributed by atoms with Crippen molar-refractivity contribution in [1.29, 1.82) is 0 Å². The number of thioether (sulfide) groups is 2. The van der Waals surface area contributed by atoms with Crippen LogP contribution in [0.3, 0.4) is 0 Å². The van der Waals surface area contributed by atoms with E-state index in [9.17, 15) is 8.42 Å². The van der Waals surface area contributed by atoms with Crippen LogP contribution >= 0.6 is 23.5 Å². The highest BCUT2D eigenvalue weighted by molar-refractivity contribution is 8.17. The Bertz CT molecular complexity index is 780. The minimum atomic E-state index is -3.24. The first-order chi connectivity index (χ1) is 10.7. The number of hydrogen-bond acceptors (Lipinski definition) is 4. The molecule has 0 bridgehead atoms. The van der Waals surface area contributed by atoms with Crippen molar-refractivity contribution in [3.63, 3.8) is 0 Å². The van der Waals surface area contributed by atoms with E-state index >= 15 is 0 Å². The summed E-state index contributed by atoms with van der Waals surface area (Å²) in [5, 5.41) is 0. The Kier molecular flexibility index (Phi) is 4.64. The molecule has 1 saturated heterocycles. The van der Waals surface area contributed by atoms with Gasteiger partial charge in [0, 0.05) is 41.2 Å². The Morgan fingerprint density at radius 2 is 1.96 bits per heavy atom. The van der Waals surface area contributed by atoms with Gasteiger partial charge in [-0.3, -0.25) is 0 Å². The first-order valence-electron chi connectivity index (χ1n) is 7.52. The Morgan fingerprint density at radius 3 is 2.61 bits per heavy atom. The molecule has 3 heterocycles. The third-order valence-electron chi connectivity index (χ3n) is 3.80. The molecule has 0 amide bonds. The van der Waals surface area contributed by atoms with Crippen molar-refractivity contribution in [3.05, 3.63) is 47.5 Å². The zero-order valence-corrected chi connectivity index (χ0v) is 16.0. The molecular formula is C16H22N2O2S3. The summed E-state index contributed by atoms with van der Waals surface area (Å²) in [6.45, 7) is 4.62. The van der Waals surface area contributed by atoms with Crippen molar-refractivity contribution in [2.45, 2.75) is 24.9 Å². The van der Waals surface area contributed by atoms with E-state index in [1.165, 1.54) is 15.9 Å². The van der Waals surface area contributed by atoms with Crippen LogP contribution in [-0.2, 0) is 16.4 Å². The van der Waals surface area contributed by atoms with Gasteiger partial charge in [0.05, 0.1) is 10.8 Å². The lowest BCUT2D eigenvalue weighted by Gasteiger charge is -2.32. The zero-order chi connectivity index (χ0) is 16.7. The third-order valence-corrected chi connectivity index (χ3v) is 8.69. The Hall–Kier alpha value is -0.790. The van der Waals surface area contributed by atoms with E-state index < -0.39 is 10.0 Å². The summed E-state index contributed by atoms with van der Waals surface area (Å²) < 4.78 is 25.3. The molecule has 0 spiro atoms. The van der Waals surface area contributed by atoms with Gasteiger partial charge in [0.2, 0.25) is 10.0 Å². The standard InChI is InChI=1S/C16H22N2O2S3/c1-16(2)10-21-15(22-11-16)14-7-6-12(17-14)9-13-5-4-8-18(13)23(3,19)20/h4-8,15,17H,9-11H2,1-3H3. The van der Waals surface area contributed by atoms with Crippen molar-refractivity contribution in [2.24, 2.45) is 5.41 Å². The van der Waals surface area contributed by atoms with Gasteiger partial charge in [-0.05, 0) is 29.7 Å². The second kappa shape index (κ2) is 6.26. The quantitative estimate of drug-likeness (QED) is 0.891. The molecule has 126 valence electrons. The monoisotopic (exact) mass is 370 g/mol. The van der Waals surface area contributed by atoms with Crippen LogP contribution in [0.5, 0.6) is 0 Å². The molecule has 2 aromatic heterocycles. The average molecular weight is 371 g/mol. The molecule has 0 saturated carbocycles. The van der Waals surface area contributed by atoms with Crippen LogP contribution < -0.4 is 0 Å². The van der Waals surface area contributed by atoms with Crippen LogP contribution in [0.4, 0.5) is 0 Å². The van der Waals surface area contributed by atoms with Crippen molar-refractivity contribution in [3.8, 4) is 0 Å². The maximum atomic E-state index is 11.8. The van der Waals surface area contributed by atoms with Crippen LogP contribution in [0.1, 0.15) is 35.5 Å². The Morgan fingerprint density at radius 1 is 1.26 bits per heavy atom. The molecule has 0 atom stereocenters. The van der Waals surface area contributed by atoms with Gasteiger partial charge in [0.25, 0.3) is 0 Å². The van der Waals surface area contributed by atoms with Crippen LogP contribution in [-0.4, -0.2) is 35.1 Å². The summed E-state index contributed by atoms with van der Waals surface area (Å²) in [5.74, 6) is 2.33. The molecule has 1 aliphatic rings. The molecule has 0 radical (unpaired) electrons. The molecule has 3 rings (SSSR count). The Balaban J connectivity index is 1.73. The maximum absolute atomic E-state index is 11.8. The Labute approximate surface area is 146 Å². The van der Waals surface area contributed by atoms with E-state index in [1.54, 1.807) is 12.3 Å². The number of nitrogens with zero attached hydrogens (tertiary/aromatic N) is 1. The molecule has 0 aromatic carbocycles. The molecule has 4 nitrogen and oxygen atoms in total. The summed E-state index contributed by atoms with van der Waals surface area (Å²) in [4.78, 5) is 3.48. The lowest BCUT2D eigenvalue weighted by atomic mass is 10.0. The van der Waals surface area contributed by atoms with E-state index in [2.05, 4.69) is 31.0 Å². The van der Waals surface area contributed by atoms with Crippen LogP contribution in [0.2, 0.25) is 0 Å². The van der Waals surface area contributed by atoms with Crippen molar-refractivity contribution < 1.29 is 8.42 Å². The zero-order valence-electron chi connectivity index (χ0n) is 13.6. The van der Waals surface area contributed by atoms with Gasteiger partial charge in [-0.1, -0.05) is 13.8 Å². The second-order valence-electron chi connectivity index (χ2n) is 6.79. The van der Waals surface area contributed by atoms with Gasteiger partial charge in [-0.25, -0.2) is 12.4 Å². The maximum Gasteiger partial charge on any atom is 0.235 e. The molecule has 1 aliphatic heterocycles. The van der Waals surface area contributed by atoms with Gasteiger partial charge in [0.1, 0.15) is 0 Å². The van der Waals surface area contributed by atoms with Gasteiger partial charge in [0.15, 0.2) is 0 Å². The molecular weight excluding hydrogens is 348 g/mol. The van der Waals surface area contributed by atoms with Crippen LogP contribution in [0.25, 0.3) is 0 Å². The predicted octanol–water partition coefficient (Wildman–Crippen LogP) is 3.72. The fourth-order valence-electron chi connectivity index (χ4n) is 2.63. The largest absolute Gasteiger partial charge is 0.360 e. The van der Waals surface area contributed by atoms with E-state index in [0.717, 1.165) is 22.9 Å². The van der Waals surface area contributed by atoms with E-state index in [4.69, 9.17) is 0 Å². The van der Waals surface area contributed by atoms with E-state index in [-0.39, 0.29) is 0 Å². The summed E-state index contributed by atoms with van der Waals surface area (Å²) in [7, 11) is -3.24. The normalized spacial score (nSPS) is 19.1. The number of H-pyrrole nitrogens is 1. The summed E-state index contributed by atoms with van der Waals surface area (Å²) in [5.41, 5.74) is 3.46. The van der Waals surface area contributed by atoms with Crippen LogP contribution in [0.15, 0.2) is 30.5 Å². The van der Waals surface area contributed by atoms with E-state index in [0.29, 0.717) is 16.4 Å². The van der Waals surface area contributed by atoms with Crippen molar-refractivity contribution in [1.82, 2.24) is 8.96 Å². The summed E-state index contributed by atoms with van der Waals surface area (Å²) in [6.07, 6.45) is 3.42. The highest BCUT2D eigenvalue weighted by atomic mass is 32.2. The predicted molar refractivity (Wildman–Crippen MR) is 99.7 cm³/mol. The molecule has 23 heavy (non-hydrogen) atoms. The fraction of sp³-hybridized carbons (Fsp3) is 0.500. The number of aromatic nitrogens is 2. The highest BCUT2D eigenvalue weighted by Crippen LogP contribution is 2.48. The van der Waals surface area contributed by atoms with E-state index in [1.807, 2.05) is 29.6 Å². The number of rotatable bonds is 4. The number of nitrogens with one attached hydrogen (secondary N) is 1. The van der Waals surface area contributed by atoms with Gasteiger partial charge >= 0.3 is 0 Å². The second-order valence-corrected chi connectivity index (χ2v) is 11.1. The number of hydrogen-bond donors (Lipinski definition) is 1. The summed E-state index contributed by atoms with van der Waals surface area (Å²) in [6, 6.07) is 7.82. The van der Waals surface area contributed by atoms with Crippen molar-refractivity contribution in [2.75, 3.05) is 17.8 Å². The third kappa shape index (κ3) is 4.00. The first-order valence-corrected chi connectivity index (χ1v) is 11.5. The SMILES string of the molecule is CC1(C)CSC(c2ccc(Cc3cccn3S(C)(=O)=O)[nH]2)SC1. The molecule has 1 N–H and O–H groups in total. The van der Waals surface area contributed by atoms with Gasteiger partial charge < -0.3 is 4.98 Å². The average Bonchev–Trinajstić information content (AvgIpc) is 3.08. The smallest absolute Gasteiger partial charge is 0.235 e. The fourth-order valence-corrected chi connectivity index (χ4v) is 6.44. The molecule has 7 heteroatoms. The minimum Gasteiger partial charge on any atom is -0.360 e. The topological polar surface area (TPSA) is 54.9 Å². The van der Waals surface area contributed by atoms with Gasteiger partial charge in [-0.2, -0.15) is 0 Å². The minimum absolute atomic E-state index is 0.400.